The molecule has 0 spiro atoms. The van der Waals surface area contributed by atoms with Gasteiger partial charge in [0, 0.05) is 12.8 Å². The molecule has 1 nitrogen and oxygen atoms in total. The highest BCUT2D eigenvalue weighted by molar-refractivity contribution is 5.96. The van der Waals surface area contributed by atoms with E-state index in [2.05, 4.69) is 37.9 Å². The molecule has 0 heterocycles. The molecule has 0 atom stereocenters. The highest BCUT2D eigenvalue weighted by atomic mass is 14.7. The van der Waals surface area contributed by atoms with Crippen molar-refractivity contribution in [3.8, 4) is 0 Å². The molecule has 0 rings (SSSR count). The van der Waals surface area contributed by atoms with Crippen LogP contribution in [0.1, 0.15) is 41.0 Å². The Morgan fingerprint density at radius 2 is 1.83 bits per heavy atom. The Bertz CT molecular complexity index is 132. The molecule has 0 amide bonds. The van der Waals surface area contributed by atoms with Gasteiger partial charge in [-0.1, -0.05) is 40.7 Å². The van der Waals surface area contributed by atoms with Crippen LogP contribution in [0.15, 0.2) is 17.1 Å². The zero-order chi connectivity index (χ0) is 9.98. The van der Waals surface area contributed by atoms with E-state index in [4.69, 9.17) is 0 Å². The van der Waals surface area contributed by atoms with E-state index >= 15 is 0 Å². The topological polar surface area (TPSA) is 12.4 Å². The van der Waals surface area contributed by atoms with Crippen molar-refractivity contribution in [2.24, 2.45) is 10.9 Å². The number of aliphatic imine (C=N–C) groups is 1. The molecule has 0 aromatic carbocycles. The average Bonchev–Trinajstić information content (AvgIpc) is 2.09. The zero-order valence-electron chi connectivity index (χ0n) is 9.39. The normalized spacial score (nSPS) is 11.8. The Kier molecular flexibility index (Phi) is 12.1. The molecule has 0 saturated heterocycles. The fourth-order valence-electron chi connectivity index (χ4n) is 0.764. The van der Waals surface area contributed by atoms with Crippen LogP contribution in [0.4, 0.5) is 0 Å². The first-order valence-electron chi connectivity index (χ1n) is 4.85. The molecule has 0 aliphatic rings. The molecule has 0 bridgehead atoms. The van der Waals surface area contributed by atoms with Gasteiger partial charge >= 0.3 is 0 Å². The second-order valence-corrected chi connectivity index (χ2v) is 2.61. The van der Waals surface area contributed by atoms with E-state index in [0.717, 1.165) is 6.42 Å². The summed E-state index contributed by atoms with van der Waals surface area (Å²) in [5.41, 5.74) is 1.18. The van der Waals surface area contributed by atoms with Gasteiger partial charge in [0.1, 0.15) is 0 Å². The van der Waals surface area contributed by atoms with Gasteiger partial charge in [-0.2, -0.15) is 0 Å². The van der Waals surface area contributed by atoms with Gasteiger partial charge in [-0.05, 0) is 18.4 Å². The summed E-state index contributed by atoms with van der Waals surface area (Å²) in [7, 11) is 1.84. The van der Waals surface area contributed by atoms with E-state index in [0.29, 0.717) is 5.92 Å². The molecule has 0 radical (unpaired) electrons. The highest BCUT2D eigenvalue weighted by Gasteiger charge is 1.96. The first-order valence-corrected chi connectivity index (χ1v) is 4.85. The lowest BCUT2D eigenvalue weighted by molar-refractivity contribution is 0.885. The third-order valence-electron chi connectivity index (χ3n) is 1.37. The van der Waals surface area contributed by atoms with Gasteiger partial charge < -0.3 is 0 Å². The lowest BCUT2D eigenvalue weighted by atomic mass is 10.1. The van der Waals surface area contributed by atoms with Crippen molar-refractivity contribution in [1.82, 2.24) is 0 Å². The molecule has 12 heavy (non-hydrogen) atoms. The van der Waals surface area contributed by atoms with Crippen molar-refractivity contribution >= 4 is 5.71 Å². The standard InChI is InChI=1S/C9H17N.C2H6/c1-5-6-7-9(10-4)8(2)3;1-2/h6-8H,5H2,1-4H3;1-2H3/b7-6-,10-9?;. The van der Waals surface area contributed by atoms with Crippen LogP contribution in [0, 0.1) is 5.92 Å². The van der Waals surface area contributed by atoms with Gasteiger partial charge in [-0.3, -0.25) is 4.99 Å². The lowest BCUT2D eigenvalue weighted by Gasteiger charge is -2.01. The summed E-state index contributed by atoms with van der Waals surface area (Å²) < 4.78 is 0. The molecule has 72 valence electrons. The molecule has 0 N–H and O–H groups in total. The minimum Gasteiger partial charge on any atom is -0.293 e. The number of hydrogen-bond donors (Lipinski definition) is 0. The Hall–Kier alpha value is -0.590. The van der Waals surface area contributed by atoms with E-state index in [1.54, 1.807) is 0 Å². The number of allylic oxidation sites excluding steroid dienone is 2. The van der Waals surface area contributed by atoms with E-state index in [1.165, 1.54) is 5.71 Å². The molecular formula is C11H23N. The Balaban J connectivity index is 0. The molecule has 0 fully saturated rings. The monoisotopic (exact) mass is 169 g/mol. The third-order valence-corrected chi connectivity index (χ3v) is 1.37. The van der Waals surface area contributed by atoms with Gasteiger partial charge in [0.25, 0.3) is 0 Å². The molecule has 0 aromatic heterocycles. The fraction of sp³-hybridized carbons (Fsp3) is 0.727. The number of hydrogen-bond acceptors (Lipinski definition) is 1. The van der Waals surface area contributed by atoms with Gasteiger partial charge in [0.05, 0.1) is 0 Å². The third kappa shape index (κ3) is 7.52. The predicted molar refractivity (Wildman–Crippen MR) is 59.0 cm³/mol. The van der Waals surface area contributed by atoms with Crippen LogP contribution in [-0.2, 0) is 0 Å². The average molecular weight is 169 g/mol. The summed E-state index contributed by atoms with van der Waals surface area (Å²) in [4.78, 5) is 4.15. The van der Waals surface area contributed by atoms with Crippen LogP contribution in [0.25, 0.3) is 0 Å². The van der Waals surface area contributed by atoms with Gasteiger partial charge in [0.15, 0.2) is 0 Å². The summed E-state index contributed by atoms with van der Waals surface area (Å²) in [6.07, 6.45) is 5.33. The van der Waals surface area contributed by atoms with Crippen LogP contribution >= 0.6 is 0 Å². The molecule has 0 unspecified atom stereocenters. The van der Waals surface area contributed by atoms with Crippen molar-refractivity contribution in [2.45, 2.75) is 41.0 Å². The van der Waals surface area contributed by atoms with Crippen LogP contribution in [0.2, 0.25) is 0 Å². The molecule has 0 saturated carbocycles. The van der Waals surface area contributed by atoms with Crippen molar-refractivity contribution in [3.63, 3.8) is 0 Å². The maximum atomic E-state index is 4.15. The van der Waals surface area contributed by atoms with E-state index in [1.807, 2.05) is 20.9 Å². The Morgan fingerprint density at radius 1 is 1.33 bits per heavy atom. The summed E-state index contributed by atoms with van der Waals surface area (Å²) >= 11 is 0. The van der Waals surface area contributed by atoms with Crippen molar-refractivity contribution in [3.05, 3.63) is 12.2 Å². The summed E-state index contributed by atoms with van der Waals surface area (Å²) in [6.45, 7) is 10.4. The van der Waals surface area contributed by atoms with Crippen LogP contribution in [-0.4, -0.2) is 12.8 Å². The summed E-state index contributed by atoms with van der Waals surface area (Å²) in [6, 6.07) is 0. The fourth-order valence-corrected chi connectivity index (χ4v) is 0.764. The maximum absolute atomic E-state index is 4.15. The minimum absolute atomic E-state index is 0.549. The van der Waals surface area contributed by atoms with E-state index < -0.39 is 0 Å². The zero-order valence-corrected chi connectivity index (χ0v) is 9.39. The molecule has 0 aromatic rings. The van der Waals surface area contributed by atoms with Crippen LogP contribution in [0.3, 0.4) is 0 Å². The van der Waals surface area contributed by atoms with E-state index in [-0.39, 0.29) is 0 Å². The molecule has 0 aliphatic heterocycles. The first-order chi connectivity index (χ1) is 5.72. The smallest absolute Gasteiger partial charge is 0.0367 e. The first kappa shape index (κ1) is 14.0. The van der Waals surface area contributed by atoms with Crippen LogP contribution in [0.5, 0.6) is 0 Å². The Morgan fingerprint density at radius 3 is 2.08 bits per heavy atom. The second-order valence-electron chi connectivity index (χ2n) is 2.61. The summed E-state index contributed by atoms with van der Waals surface area (Å²) in [5, 5.41) is 0. The molecule has 0 aliphatic carbocycles. The minimum atomic E-state index is 0.549. The maximum Gasteiger partial charge on any atom is 0.0367 e. The van der Waals surface area contributed by atoms with Crippen molar-refractivity contribution < 1.29 is 0 Å². The second kappa shape index (κ2) is 10.4. The largest absolute Gasteiger partial charge is 0.293 e. The molecular weight excluding hydrogens is 146 g/mol. The number of nitrogens with zero attached hydrogens (tertiary/aromatic N) is 1. The SMILES string of the molecule is CC.CC/C=C\C(=NC)C(C)C. The lowest BCUT2D eigenvalue weighted by Crippen LogP contribution is -2.02. The van der Waals surface area contributed by atoms with Gasteiger partial charge in [0.2, 0.25) is 0 Å². The molecule has 1 heteroatoms. The van der Waals surface area contributed by atoms with Crippen molar-refractivity contribution in [2.75, 3.05) is 7.05 Å². The Labute approximate surface area is 77.6 Å². The quantitative estimate of drug-likeness (QED) is 0.571. The van der Waals surface area contributed by atoms with Crippen LogP contribution < -0.4 is 0 Å². The highest BCUT2D eigenvalue weighted by Crippen LogP contribution is 1.98. The van der Waals surface area contributed by atoms with E-state index in [9.17, 15) is 0 Å². The summed E-state index contributed by atoms with van der Waals surface area (Å²) in [5.74, 6) is 0.549. The van der Waals surface area contributed by atoms with Crippen molar-refractivity contribution in [1.29, 1.82) is 0 Å². The number of rotatable bonds is 3. The van der Waals surface area contributed by atoms with Gasteiger partial charge in [-0.15, -0.1) is 0 Å². The van der Waals surface area contributed by atoms with Gasteiger partial charge in [-0.25, -0.2) is 0 Å². The predicted octanol–water partition coefficient (Wildman–Crippen LogP) is 3.71.